The van der Waals surface area contributed by atoms with Crippen molar-refractivity contribution in [3.05, 3.63) is 58.7 Å². The number of pyridine rings is 1. The fraction of sp³-hybridized carbons (Fsp3) is 0.400. The second-order valence-corrected chi connectivity index (χ2v) is 7.50. The van der Waals surface area contributed by atoms with Crippen LogP contribution < -0.4 is 4.90 Å². The van der Waals surface area contributed by atoms with Crippen molar-refractivity contribution in [1.29, 1.82) is 0 Å². The van der Waals surface area contributed by atoms with Crippen molar-refractivity contribution in [1.82, 2.24) is 14.8 Å². The zero-order chi connectivity index (χ0) is 21.2. The number of aromatic nitrogens is 1. The van der Waals surface area contributed by atoms with Crippen LogP contribution in [-0.2, 0) is 11.0 Å². The Hall–Kier alpha value is -2.32. The maximum Gasteiger partial charge on any atom is 0.417 e. The van der Waals surface area contributed by atoms with E-state index in [1.54, 1.807) is 19.0 Å². The molecule has 29 heavy (non-hydrogen) atoms. The number of piperazine rings is 1. The van der Waals surface area contributed by atoms with Gasteiger partial charge in [-0.1, -0.05) is 41.9 Å². The maximum atomic E-state index is 12.8. The summed E-state index contributed by atoms with van der Waals surface area (Å²) in [5, 5.41) is -0.0303. The van der Waals surface area contributed by atoms with Gasteiger partial charge in [0.05, 0.1) is 10.6 Å². The smallest absolute Gasteiger partial charge is 0.353 e. The number of nitrogens with zero attached hydrogens (tertiary/aromatic N) is 4. The number of hydrogen-bond donors (Lipinski definition) is 0. The summed E-state index contributed by atoms with van der Waals surface area (Å²) in [5.74, 6) is 0.310. The Morgan fingerprint density at radius 3 is 2.28 bits per heavy atom. The molecular weight excluding hydrogens is 405 g/mol. The molecule has 0 aliphatic carbocycles. The largest absolute Gasteiger partial charge is 0.417 e. The number of alkyl halides is 3. The molecule has 0 bridgehead atoms. The average molecular weight is 427 g/mol. The lowest BCUT2D eigenvalue weighted by Gasteiger charge is -2.40. The van der Waals surface area contributed by atoms with Gasteiger partial charge in [-0.15, -0.1) is 0 Å². The Kier molecular flexibility index (Phi) is 6.33. The molecule has 1 atom stereocenters. The number of hydrogen-bond acceptors (Lipinski definition) is 4. The normalized spacial score (nSPS) is 16.6. The van der Waals surface area contributed by atoms with Gasteiger partial charge in [-0.3, -0.25) is 9.69 Å². The molecule has 5 nitrogen and oxygen atoms in total. The Morgan fingerprint density at radius 2 is 1.76 bits per heavy atom. The van der Waals surface area contributed by atoms with Crippen LogP contribution in [0, 0.1) is 0 Å². The van der Waals surface area contributed by atoms with E-state index in [4.69, 9.17) is 11.6 Å². The summed E-state index contributed by atoms with van der Waals surface area (Å²) in [6.07, 6.45) is -3.68. The van der Waals surface area contributed by atoms with Crippen LogP contribution in [0.25, 0.3) is 0 Å². The van der Waals surface area contributed by atoms with Crippen LogP contribution in [0.15, 0.2) is 42.6 Å². The predicted octanol–water partition coefficient (Wildman–Crippen LogP) is 3.71. The van der Waals surface area contributed by atoms with E-state index in [1.165, 1.54) is 0 Å². The zero-order valence-corrected chi connectivity index (χ0v) is 16.9. The van der Waals surface area contributed by atoms with Gasteiger partial charge >= 0.3 is 6.18 Å². The van der Waals surface area contributed by atoms with E-state index in [2.05, 4.69) is 9.88 Å². The number of anilines is 1. The van der Waals surface area contributed by atoms with Gasteiger partial charge in [0.15, 0.2) is 0 Å². The van der Waals surface area contributed by atoms with Gasteiger partial charge in [0, 0.05) is 46.5 Å². The van der Waals surface area contributed by atoms with Crippen LogP contribution >= 0.6 is 11.6 Å². The van der Waals surface area contributed by atoms with Crippen molar-refractivity contribution in [3.8, 4) is 0 Å². The number of halogens is 4. The second-order valence-electron chi connectivity index (χ2n) is 7.10. The summed E-state index contributed by atoms with van der Waals surface area (Å²) in [5.41, 5.74) is 0.0379. The Balaban J connectivity index is 1.76. The minimum atomic E-state index is -4.48. The highest BCUT2D eigenvalue weighted by Crippen LogP contribution is 2.34. The molecule has 0 saturated carbocycles. The Morgan fingerprint density at radius 1 is 1.14 bits per heavy atom. The molecule has 2 aromatic rings. The van der Waals surface area contributed by atoms with Gasteiger partial charge in [-0.25, -0.2) is 4.98 Å². The SMILES string of the molecule is CN(C)C(=O)[C@@H](c1ccccc1)N1CCN(c2ncc(C(F)(F)F)cc2Cl)CC1. The molecule has 3 rings (SSSR count). The molecule has 1 amide bonds. The molecule has 0 spiro atoms. The monoisotopic (exact) mass is 426 g/mol. The minimum Gasteiger partial charge on any atom is -0.353 e. The van der Waals surface area contributed by atoms with Crippen LogP contribution in [0.3, 0.4) is 0 Å². The van der Waals surface area contributed by atoms with Crippen LogP contribution in [0.1, 0.15) is 17.2 Å². The quantitative estimate of drug-likeness (QED) is 0.747. The molecule has 0 radical (unpaired) electrons. The number of rotatable bonds is 4. The van der Waals surface area contributed by atoms with E-state index in [1.807, 2.05) is 35.2 Å². The van der Waals surface area contributed by atoms with Crippen molar-refractivity contribution in [2.45, 2.75) is 12.2 Å². The third kappa shape index (κ3) is 4.82. The molecule has 0 unspecified atom stereocenters. The van der Waals surface area contributed by atoms with Gasteiger partial charge in [0.1, 0.15) is 11.9 Å². The summed E-state index contributed by atoms with van der Waals surface area (Å²) in [7, 11) is 3.45. The first-order valence-electron chi connectivity index (χ1n) is 9.16. The Bertz CT molecular complexity index is 853. The van der Waals surface area contributed by atoms with Crippen LogP contribution in [0.5, 0.6) is 0 Å². The summed E-state index contributed by atoms with van der Waals surface area (Å²) < 4.78 is 38.5. The van der Waals surface area contributed by atoms with Crippen molar-refractivity contribution in [2.75, 3.05) is 45.2 Å². The van der Waals surface area contributed by atoms with Crippen molar-refractivity contribution >= 4 is 23.3 Å². The first kappa shape index (κ1) is 21.4. The predicted molar refractivity (Wildman–Crippen MR) is 106 cm³/mol. The maximum absolute atomic E-state index is 12.8. The fourth-order valence-electron chi connectivity index (χ4n) is 3.40. The zero-order valence-electron chi connectivity index (χ0n) is 16.2. The molecule has 9 heteroatoms. The summed E-state index contributed by atoms with van der Waals surface area (Å²) in [4.78, 5) is 22.2. The fourth-order valence-corrected chi connectivity index (χ4v) is 3.69. The van der Waals surface area contributed by atoms with E-state index < -0.39 is 17.8 Å². The van der Waals surface area contributed by atoms with E-state index in [0.717, 1.165) is 17.8 Å². The lowest BCUT2D eigenvalue weighted by molar-refractivity contribution is -0.138. The minimum absolute atomic E-state index is 0.0182. The molecule has 1 fully saturated rings. The number of carbonyl (C=O) groups is 1. The molecule has 1 aliphatic heterocycles. The molecule has 1 aliphatic rings. The first-order valence-corrected chi connectivity index (χ1v) is 9.54. The molecule has 2 heterocycles. The molecule has 0 N–H and O–H groups in total. The summed E-state index contributed by atoms with van der Waals surface area (Å²) in [6.45, 7) is 2.11. The molecule has 1 aromatic heterocycles. The van der Waals surface area contributed by atoms with E-state index >= 15 is 0 Å². The van der Waals surface area contributed by atoms with E-state index in [-0.39, 0.29) is 10.9 Å². The third-order valence-corrected chi connectivity index (χ3v) is 5.20. The van der Waals surface area contributed by atoms with Crippen molar-refractivity contribution < 1.29 is 18.0 Å². The van der Waals surface area contributed by atoms with Crippen LogP contribution in [0.2, 0.25) is 5.02 Å². The number of likely N-dealkylation sites (N-methyl/N-ethyl adjacent to an activating group) is 1. The van der Waals surface area contributed by atoms with Gasteiger partial charge in [-0.05, 0) is 11.6 Å². The van der Waals surface area contributed by atoms with E-state index in [9.17, 15) is 18.0 Å². The van der Waals surface area contributed by atoms with Gasteiger partial charge in [-0.2, -0.15) is 13.2 Å². The number of amides is 1. The molecule has 1 saturated heterocycles. The average Bonchev–Trinajstić information content (AvgIpc) is 2.69. The highest BCUT2D eigenvalue weighted by Gasteiger charge is 2.34. The van der Waals surface area contributed by atoms with Gasteiger partial charge in [0.25, 0.3) is 0 Å². The topological polar surface area (TPSA) is 39.7 Å². The van der Waals surface area contributed by atoms with Crippen molar-refractivity contribution in [3.63, 3.8) is 0 Å². The van der Waals surface area contributed by atoms with Crippen LogP contribution in [0.4, 0.5) is 19.0 Å². The number of carbonyl (C=O) groups excluding carboxylic acids is 1. The lowest BCUT2D eigenvalue weighted by Crippen LogP contribution is -2.51. The standard InChI is InChI=1S/C20H22ClF3N4O/c1-26(2)19(29)17(14-6-4-3-5-7-14)27-8-10-28(11-9-27)18-16(21)12-15(13-25-18)20(22,23)24/h3-7,12-13,17H,8-11H2,1-2H3/t17-/m1/s1. The second kappa shape index (κ2) is 8.59. The highest BCUT2D eigenvalue weighted by molar-refractivity contribution is 6.33. The first-order chi connectivity index (χ1) is 13.7. The molecule has 1 aromatic carbocycles. The Labute approximate surface area is 172 Å². The summed E-state index contributed by atoms with van der Waals surface area (Å²) >= 11 is 6.08. The van der Waals surface area contributed by atoms with Crippen LogP contribution in [-0.4, -0.2) is 61.0 Å². The third-order valence-electron chi connectivity index (χ3n) is 4.92. The lowest BCUT2D eigenvalue weighted by atomic mass is 10.0. The molecule has 156 valence electrons. The van der Waals surface area contributed by atoms with Gasteiger partial charge < -0.3 is 9.80 Å². The molecular formula is C20H22ClF3N4O. The summed E-state index contributed by atoms with van der Waals surface area (Å²) in [6, 6.07) is 10.0. The highest BCUT2D eigenvalue weighted by atomic mass is 35.5. The van der Waals surface area contributed by atoms with Gasteiger partial charge in [0.2, 0.25) is 5.91 Å². The number of benzene rings is 1. The van der Waals surface area contributed by atoms with Crippen molar-refractivity contribution in [2.24, 2.45) is 0 Å². The van der Waals surface area contributed by atoms with E-state index in [0.29, 0.717) is 32.0 Å².